The molecule has 3 unspecified atom stereocenters. The van der Waals surface area contributed by atoms with Crippen molar-refractivity contribution in [3.05, 3.63) is 5.82 Å². The van der Waals surface area contributed by atoms with Crippen LogP contribution in [-0.4, -0.2) is 31.3 Å². The molecule has 0 spiro atoms. The van der Waals surface area contributed by atoms with Gasteiger partial charge in [0.15, 0.2) is 5.82 Å². The summed E-state index contributed by atoms with van der Waals surface area (Å²) in [5.74, 6) is 0.654. The molecule has 1 saturated carbocycles. The molecule has 1 aliphatic carbocycles. The van der Waals surface area contributed by atoms with Crippen LogP contribution in [0.3, 0.4) is 0 Å². The van der Waals surface area contributed by atoms with Crippen LogP contribution in [0, 0.1) is 5.92 Å². The van der Waals surface area contributed by atoms with Crippen LogP contribution < -0.4 is 0 Å². The van der Waals surface area contributed by atoms with Crippen molar-refractivity contribution in [2.75, 3.05) is 0 Å². The Labute approximate surface area is 93.6 Å². The van der Waals surface area contributed by atoms with Crippen molar-refractivity contribution in [2.45, 2.75) is 45.1 Å². The molecule has 1 N–H and O–H groups in total. The summed E-state index contributed by atoms with van der Waals surface area (Å²) in [6.07, 6.45) is 3.38. The number of carboxylic acid groups (broad SMARTS) is 1. The van der Waals surface area contributed by atoms with Crippen LogP contribution in [0.1, 0.15) is 50.9 Å². The number of hydrogen-bond donors (Lipinski definition) is 1. The van der Waals surface area contributed by atoms with Gasteiger partial charge in [0.05, 0.1) is 0 Å². The van der Waals surface area contributed by atoms with Crippen molar-refractivity contribution >= 4 is 5.97 Å². The van der Waals surface area contributed by atoms with Gasteiger partial charge in [0.1, 0.15) is 6.04 Å². The fourth-order valence-corrected chi connectivity index (χ4v) is 2.35. The Kier molecular flexibility index (Phi) is 2.89. The molecule has 2 rings (SSSR count). The van der Waals surface area contributed by atoms with Crippen molar-refractivity contribution < 1.29 is 9.90 Å². The largest absolute Gasteiger partial charge is 0.480 e. The van der Waals surface area contributed by atoms with E-state index in [1.807, 2.05) is 0 Å². The van der Waals surface area contributed by atoms with E-state index >= 15 is 0 Å². The van der Waals surface area contributed by atoms with Crippen LogP contribution >= 0.6 is 0 Å². The van der Waals surface area contributed by atoms with Gasteiger partial charge in [-0.15, -0.1) is 5.10 Å². The molecule has 16 heavy (non-hydrogen) atoms. The SMILES string of the molecule is CC1CCCC1c1nnnn1C(C)C(=O)O. The van der Waals surface area contributed by atoms with Crippen LogP contribution in [0.4, 0.5) is 0 Å². The maximum absolute atomic E-state index is 10.9. The second kappa shape index (κ2) is 4.19. The third-order valence-electron chi connectivity index (χ3n) is 3.44. The molecule has 6 heteroatoms. The maximum atomic E-state index is 10.9. The zero-order chi connectivity index (χ0) is 11.7. The zero-order valence-corrected chi connectivity index (χ0v) is 9.50. The summed E-state index contributed by atoms with van der Waals surface area (Å²) in [6.45, 7) is 3.77. The molecule has 1 heterocycles. The lowest BCUT2D eigenvalue weighted by Crippen LogP contribution is -2.21. The highest BCUT2D eigenvalue weighted by atomic mass is 16.4. The quantitative estimate of drug-likeness (QED) is 0.834. The third-order valence-corrected chi connectivity index (χ3v) is 3.44. The van der Waals surface area contributed by atoms with Gasteiger partial charge in [0.25, 0.3) is 0 Å². The molecule has 0 radical (unpaired) electrons. The van der Waals surface area contributed by atoms with Gasteiger partial charge in [-0.25, -0.2) is 9.48 Å². The van der Waals surface area contributed by atoms with Gasteiger partial charge in [-0.3, -0.25) is 0 Å². The first-order valence-corrected chi connectivity index (χ1v) is 5.62. The third kappa shape index (κ3) is 1.79. The number of hydrogen-bond acceptors (Lipinski definition) is 4. The van der Waals surface area contributed by atoms with Crippen molar-refractivity contribution in [1.29, 1.82) is 0 Å². The standard InChI is InChI=1S/C10H16N4O2/c1-6-4-3-5-8(6)9-11-12-13-14(9)7(2)10(15)16/h6-8H,3-5H2,1-2H3,(H,15,16). The van der Waals surface area contributed by atoms with E-state index in [-0.39, 0.29) is 0 Å². The molecular weight excluding hydrogens is 208 g/mol. The van der Waals surface area contributed by atoms with E-state index in [1.165, 1.54) is 17.5 Å². The Hall–Kier alpha value is -1.46. The Morgan fingerprint density at radius 2 is 2.31 bits per heavy atom. The lowest BCUT2D eigenvalue weighted by molar-refractivity contribution is -0.140. The number of aromatic nitrogens is 4. The van der Waals surface area contributed by atoms with Gasteiger partial charge in [0.2, 0.25) is 0 Å². The van der Waals surface area contributed by atoms with Crippen LogP contribution in [-0.2, 0) is 4.79 Å². The summed E-state index contributed by atoms with van der Waals surface area (Å²) >= 11 is 0. The van der Waals surface area contributed by atoms with Gasteiger partial charge in [-0.05, 0) is 36.1 Å². The Balaban J connectivity index is 2.28. The van der Waals surface area contributed by atoms with E-state index in [1.54, 1.807) is 6.92 Å². The molecule has 0 bridgehead atoms. The lowest BCUT2D eigenvalue weighted by atomic mass is 9.97. The number of carboxylic acids is 1. The van der Waals surface area contributed by atoms with Crippen molar-refractivity contribution in [3.63, 3.8) is 0 Å². The number of aliphatic carboxylic acids is 1. The molecule has 88 valence electrons. The molecule has 0 aliphatic heterocycles. The molecule has 0 saturated heterocycles. The van der Waals surface area contributed by atoms with Crippen LogP contribution in [0.25, 0.3) is 0 Å². The fraction of sp³-hybridized carbons (Fsp3) is 0.800. The summed E-state index contributed by atoms with van der Waals surface area (Å²) in [5, 5.41) is 20.4. The van der Waals surface area contributed by atoms with Crippen molar-refractivity contribution in [2.24, 2.45) is 5.92 Å². The normalized spacial score (nSPS) is 26.9. The summed E-state index contributed by atoms with van der Waals surface area (Å²) in [5.41, 5.74) is 0. The van der Waals surface area contributed by atoms with Gasteiger partial charge >= 0.3 is 5.97 Å². The number of carbonyl (C=O) groups is 1. The van der Waals surface area contributed by atoms with Gasteiger partial charge in [0, 0.05) is 5.92 Å². The van der Waals surface area contributed by atoms with Crippen LogP contribution in [0.2, 0.25) is 0 Å². The van der Waals surface area contributed by atoms with Crippen LogP contribution in [0.15, 0.2) is 0 Å². The monoisotopic (exact) mass is 224 g/mol. The predicted molar refractivity (Wildman–Crippen MR) is 55.9 cm³/mol. The van der Waals surface area contributed by atoms with E-state index in [9.17, 15) is 4.79 Å². The highest BCUT2D eigenvalue weighted by Crippen LogP contribution is 2.38. The predicted octanol–water partition coefficient (Wildman–Crippen LogP) is 1.22. The minimum absolute atomic E-state index is 0.303. The summed E-state index contributed by atoms with van der Waals surface area (Å²) in [4.78, 5) is 10.9. The first kappa shape index (κ1) is 11.0. The minimum atomic E-state index is -0.904. The number of rotatable bonds is 3. The molecule has 1 fully saturated rings. The fourth-order valence-electron chi connectivity index (χ4n) is 2.35. The Morgan fingerprint density at radius 1 is 1.56 bits per heavy atom. The van der Waals surface area contributed by atoms with Gasteiger partial charge in [-0.1, -0.05) is 13.3 Å². The molecule has 6 nitrogen and oxygen atoms in total. The first-order valence-electron chi connectivity index (χ1n) is 5.62. The summed E-state index contributed by atoms with van der Waals surface area (Å²) in [6, 6.07) is -0.696. The number of tetrazole rings is 1. The van der Waals surface area contributed by atoms with E-state index in [0.29, 0.717) is 11.8 Å². The lowest BCUT2D eigenvalue weighted by Gasteiger charge is -2.16. The van der Waals surface area contributed by atoms with Gasteiger partial charge in [-0.2, -0.15) is 0 Å². The Bertz CT molecular complexity index is 390. The zero-order valence-electron chi connectivity index (χ0n) is 9.50. The van der Waals surface area contributed by atoms with Crippen molar-refractivity contribution in [1.82, 2.24) is 20.2 Å². The van der Waals surface area contributed by atoms with E-state index in [4.69, 9.17) is 5.11 Å². The van der Waals surface area contributed by atoms with E-state index in [2.05, 4.69) is 22.4 Å². The topological polar surface area (TPSA) is 80.9 Å². The number of nitrogens with zero attached hydrogens (tertiary/aromatic N) is 4. The molecule has 1 aromatic heterocycles. The average Bonchev–Trinajstić information content (AvgIpc) is 2.84. The molecule has 1 aliphatic rings. The molecule has 3 atom stereocenters. The highest BCUT2D eigenvalue weighted by Gasteiger charge is 2.31. The molecule has 1 aromatic rings. The smallest absolute Gasteiger partial charge is 0.328 e. The summed E-state index contributed by atoms with van der Waals surface area (Å²) in [7, 11) is 0. The molecule has 0 amide bonds. The summed E-state index contributed by atoms with van der Waals surface area (Å²) < 4.78 is 1.44. The minimum Gasteiger partial charge on any atom is -0.480 e. The van der Waals surface area contributed by atoms with Gasteiger partial charge < -0.3 is 5.11 Å². The molecular formula is C10H16N4O2. The highest BCUT2D eigenvalue weighted by molar-refractivity contribution is 5.71. The second-order valence-corrected chi connectivity index (χ2v) is 4.51. The Morgan fingerprint density at radius 3 is 2.88 bits per heavy atom. The van der Waals surface area contributed by atoms with E-state index in [0.717, 1.165) is 12.2 Å². The average molecular weight is 224 g/mol. The molecule has 0 aromatic carbocycles. The first-order chi connectivity index (χ1) is 7.61. The van der Waals surface area contributed by atoms with Crippen molar-refractivity contribution in [3.8, 4) is 0 Å². The second-order valence-electron chi connectivity index (χ2n) is 4.51. The van der Waals surface area contributed by atoms with Crippen LogP contribution in [0.5, 0.6) is 0 Å². The van der Waals surface area contributed by atoms with E-state index < -0.39 is 12.0 Å². The maximum Gasteiger partial charge on any atom is 0.328 e.